The summed E-state index contributed by atoms with van der Waals surface area (Å²) in [5.41, 5.74) is 7.47. The lowest BCUT2D eigenvalue weighted by molar-refractivity contribution is -0.121. The molecule has 0 aromatic heterocycles. The van der Waals surface area contributed by atoms with Gasteiger partial charge in [-0.2, -0.15) is 0 Å². The van der Waals surface area contributed by atoms with E-state index in [0.29, 0.717) is 12.8 Å². The normalized spacial score (nSPS) is 27.0. The van der Waals surface area contributed by atoms with E-state index in [1.165, 1.54) is 0 Å². The van der Waals surface area contributed by atoms with Gasteiger partial charge in [0.15, 0.2) is 0 Å². The number of nitrogens with two attached hydrogens (primary N) is 1. The fourth-order valence-corrected chi connectivity index (χ4v) is 2.56. The van der Waals surface area contributed by atoms with E-state index in [2.05, 4.69) is 5.32 Å². The van der Waals surface area contributed by atoms with Crippen molar-refractivity contribution in [3.8, 4) is 0 Å². The quantitative estimate of drug-likeness (QED) is 0.777. The van der Waals surface area contributed by atoms with Crippen molar-refractivity contribution in [2.75, 3.05) is 11.9 Å². The number of nitrogens with one attached hydrogen (secondary N) is 1. The Bertz CT molecular complexity index is 451. The van der Waals surface area contributed by atoms with Crippen molar-refractivity contribution >= 4 is 11.6 Å². The highest BCUT2D eigenvalue weighted by Gasteiger charge is 2.33. The van der Waals surface area contributed by atoms with Gasteiger partial charge in [-0.05, 0) is 44.2 Å². The highest BCUT2D eigenvalue weighted by Crippen LogP contribution is 2.31. The van der Waals surface area contributed by atoms with Crippen molar-refractivity contribution in [2.45, 2.75) is 38.1 Å². The average Bonchev–Trinajstić information content (AvgIpc) is 2.42. The molecule has 0 unspecified atom stereocenters. The molecule has 1 aromatic rings. The van der Waals surface area contributed by atoms with Crippen LogP contribution in [0.1, 0.15) is 31.2 Å². The number of hydrogen-bond donors (Lipinski definition) is 3. The van der Waals surface area contributed by atoms with E-state index >= 15 is 0 Å². The maximum Gasteiger partial charge on any atom is 0.227 e. The maximum atomic E-state index is 12.2. The zero-order valence-corrected chi connectivity index (χ0v) is 11.4. The Balaban J connectivity index is 1.94. The number of aliphatic hydroxyl groups is 1. The van der Waals surface area contributed by atoms with Crippen LogP contribution in [0.25, 0.3) is 0 Å². The Labute approximate surface area is 114 Å². The summed E-state index contributed by atoms with van der Waals surface area (Å²) in [4.78, 5) is 12.2. The summed E-state index contributed by atoms with van der Waals surface area (Å²) in [6, 6.07) is 7.76. The van der Waals surface area contributed by atoms with Crippen LogP contribution in [0.5, 0.6) is 0 Å². The molecule has 0 saturated heterocycles. The van der Waals surface area contributed by atoms with Gasteiger partial charge in [0.1, 0.15) is 0 Å². The maximum absolute atomic E-state index is 12.2. The third kappa shape index (κ3) is 3.33. The summed E-state index contributed by atoms with van der Waals surface area (Å²) in [7, 11) is 0. The first-order valence-electron chi connectivity index (χ1n) is 6.80. The number of para-hydroxylation sites is 1. The van der Waals surface area contributed by atoms with Crippen molar-refractivity contribution in [1.29, 1.82) is 0 Å². The second-order valence-corrected chi connectivity index (χ2v) is 5.60. The Morgan fingerprint density at radius 3 is 2.63 bits per heavy atom. The molecule has 19 heavy (non-hydrogen) atoms. The average molecular weight is 262 g/mol. The second kappa shape index (κ2) is 5.72. The topological polar surface area (TPSA) is 75.4 Å². The highest BCUT2D eigenvalue weighted by molar-refractivity contribution is 5.93. The number of amides is 1. The fraction of sp³-hybridized carbons (Fsp3) is 0.533. The number of anilines is 1. The molecule has 1 amide bonds. The standard InChI is InChI=1S/C15H22N2O2/c1-11-4-2-3-5-13(11)17-14(19)12-6-8-15(16,10-18)9-7-12/h2-5,12,18H,6-10,16H2,1H3,(H,17,19). The van der Waals surface area contributed by atoms with Gasteiger partial charge in [0.25, 0.3) is 0 Å². The van der Waals surface area contributed by atoms with Gasteiger partial charge in [0.05, 0.1) is 6.61 Å². The van der Waals surface area contributed by atoms with Crippen LogP contribution in [0.2, 0.25) is 0 Å². The number of aryl methyl sites for hydroxylation is 1. The van der Waals surface area contributed by atoms with Crippen LogP contribution in [0.4, 0.5) is 5.69 Å². The zero-order chi connectivity index (χ0) is 13.9. The van der Waals surface area contributed by atoms with Crippen molar-refractivity contribution < 1.29 is 9.90 Å². The van der Waals surface area contributed by atoms with Gasteiger partial charge in [-0.1, -0.05) is 18.2 Å². The van der Waals surface area contributed by atoms with Crippen LogP contribution in [-0.2, 0) is 4.79 Å². The lowest BCUT2D eigenvalue weighted by Crippen LogP contribution is -2.47. The zero-order valence-electron chi connectivity index (χ0n) is 11.4. The van der Waals surface area contributed by atoms with E-state index in [-0.39, 0.29) is 18.4 Å². The summed E-state index contributed by atoms with van der Waals surface area (Å²) < 4.78 is 0. The van der Waals surface area contributed by atoms with Crippen molar-refractivity contribution in [2.24, 2.45) is 11.7 Å². The van der Waals surface area contributed by atoms with Gasteiger partial charge in [-0.25, -0.2) is 0 Å². The number of carbonyl (C=O) groups excluding carboxylic acids is 1. The molecule has 0 radical (unpaired) electrons. The molecule has 4 heteroatoms. The molecule has 0 bridgehead atoms. The Morgan fingerprint density at radius 1 is 1.42 bits per heavy atom. The van der Waals surface area contributed by atoms with Gasteiger partial charge < -0.3 is 16.2 Å². The van der Waals surface area contributed by atoms with Crippen LogP contribution < -0.4 is 11.1 Å². The van der Waals surface area contributed by atoms with E-state index in [1.807, 2.05) is 31.2 Å². The summed E-state index contributed by atoms with van der Waals surface area (Å²) in [6.45, 7) is 1.98. The lowest BCUT2D eigenvalue weighted by atomic mass is 9.77. The van der Waals surface area contributed by atoms with Crippen LogP contribution in [0.3, 0.4) is 0 Å². The number of benzene rings is 1. The predicted molar refractivity (Wildman–Crippen MR) is 75.8 cm³/mol. The minimum absolute atomic E-state index is 0.000861. The van der Waals surface area contributed by atoms with E-state index in [4.69, 9.17) is 5.73 Å². The summed E-state index contributed by atoms with van der Waals surface area (Å²) in [5, 5.41) is 12.2. The van der Waals surface area contributed by atoms with Crippen LogP contribution in [0.15, 0.2) is 24.3 Å². The van der Waals surface area contributed by atoms with E-state index in [0.717, 1.165) is 24.1 Å². The van der Waals surface area contributed by atoms with Gasteiger partial charge >= 0.3 is 0 Å². The molecule has 1 aliphatic rings. The SMILES string of the molecule is Cc1ccccc1NC(=O)C1CCC(N)(CO)CC1. The third-order valence-electron chi connectivity index (χ3n) is 4.07. The molecule has 2 rings (SSSR count). The minimum Gasteiger partial charge on any atom is -0.394 e. The molecule has 1 fully saturated rings. The van der Waals surface area contributed by atoms with Crippen molar-refractivity contribution in [1.82, 2.24) is 0 Å². The summed E-state index contributed by atoms with van der Waals surface area (Å²) in [5.74, 6) is 0.0668. The van der Waals surface area contributed by atoms with Gasteiger partial charge in [-0.15, -0.1) is 0 Å². The van der Waals surface area contributed by atoms with Gasteiger partial charge in [0, 0.05) is 17.1 Å². The molecule has 4 nitrogen and oxygen atoms in total. The first kappa shape index (κ1) is 14.0. The number of carbonyl (C=O) groups is 1. The lowest BCUT2D eigenvalue weighted by Gasteiger charge is -2.35. The van der Waals surface area contributed by atoms with Gasteiger partial charge in [-0.3, -0.25) is 4.79 Å². The fourth-order valence-electron chi connectivity index (χ4n) is 2.56. The van der Waals surface area contributed by atoms with E-state index in [1.54, 1.807) is 0 Å². The second-order valence-electron chi connectivity index (χ2n) is 5.60. The highest BCUT2D eigenvalue weighted by atomic mass is 16.3. The number of aliphatic hydroxyl groups excluding tert-OH is 1. The molecule has 104 valence electrons. The first-order valence-corrected chi connectivity index (χ1v) is 6.80. The molecule has 0 spiro atoms. The molecule has 0 aliphatic heterocycles. The molecule has 1 aromatic carbocycles. The molecule has 0 atom stereocenters. The predicted octanol–water partition coefficient (Wildman–Crippen LogP) is 1.81. The Kier molecular flexibility index (Phi) is 4.22. The first-order chi connectivity index (χ1) is 9.04. The van der Waals surface area contributed by atoms with Crippen LogP contribution >= 0.6 is 0 Å². The molecule has 1 aliphatic carbocycles. The summed E-state index contributed by atoms with van der Waals surface area (Å²) >= 11 is 0. The Hall–Kier alpha value is -1.39. The molecule has 1 saturated carbocycles. The monoisotopic (exact) mass is 262 g/mol. The third-order valence-corrected chi connectivity index (χ3v) is 4.07. The molecule has 4 N–H and O–H groups in total. The molecular weight excluding hydrogens is 240 g/mol. The number of hydrogen-bond acceptors (Lipinski definition) is 3. The smallest absolute Gasteiger partial charge is 0.227 e. The largest absolute Gasteiger partial charge is 0.394 e. The van der Waals surface area contributed by atoms with Crippen molar-refractivity contribution in [3.05, 3.63) is 29.8 Å². The van der Waals surface area contributed by atoms with Crippen LogP contribution in [0, 0.1) is 12.8 Å². The summed E-state index contributed by atoms with van der Waals surface area (Å²) in [6.07, 6.45) is 2.90. The Morgan fingerprint density at radius 2 is 2.05 bits per heavy atom. The van der Waals surface area contributed by atoms with Crippen molar-refractivity contribution in [3.63, 3.8) is 0 Å². The van der Waals surface area contributed by atoms with Gasteiger partial charge in [0.2, 0.25) is 5.91 Å². The van der Waals surface area contributed by atoms with Crippen LogP contribution in [-0.4, -0.2) is 23.2 Å². The van der Waals surface area contributed by atoms with E-state index in [9.17, 15) is 9.90 Å². The number of rotatable bonds is 3. The molecular formula is C15H22N2O2. The minimum atomic E-state index is -0.487. The molecule has 0 heterocycles. The van der Waals surface area contributed by atoms with E-state index < -0.39 is 5.54 Å².